The molecule has 0 saturated carbocycles. The van der Waals surface area contributed by atoms with E-state index in [4.69, 9.17) is 21.4 Å². The largest absolute Gasteiger partial charge is 0.478 e. The van der Waals surface area contributed by atoms with Crippen LogP contribution < -0.4 is 4.74 Å². The topological polar surface area (TPSA) is 46.5 Å². The van der Waals surface area contributed by atoms with E-state index in [1.54, 1.807) is 18.2 Å². The van der Waals surface area contributed by atoms with Gasteiger partial charge in [-0.15, -0.1) is 0 Å². The van der Waals surface area contributed by atoms with Gasteiger partial charge in [-0.1, -0.05) is 17.7 Å². The number of ether oxygens (including phenoxy) is 1. The number of halogens is 1. The number of rotatable bonds is 4. The van der Waals surface area contributed by atoms with Gasteiger partial charge < -0.3 is 9.84 Å². The molecule has 0 aliphatic heterocycles. The number of carbonyl (C=O) groups is 1. The Morgan fingerprint density at radius 1 is 1.10 bits per heavy atom. The van der Waals surface area contributed by atoms with E-state index in [-0.39, 0.29) is 0 Å². The Hall–Kier alpha value is -2.26. The third kappa shape index (κ3) is 4.36. The highest BCUT2D eigenvalue weighted by molar-refractivity contribution is 6.32. The zero-order valence-corrected chi connectivity index (χ0v) is 12.5. The van der Waals surface area contributed by atoms with Crippen LogP contribution in [0.4, 0.5) is 0 Å². The molecule has 0 aliphatic rings. The molecule has 1 N–H and O–H groups in total. The normalized spacial score (nSPS) is 10.8. The lowest BCUT2D eigenvalue weighted by molar-refractivity contribution is -0.131. The van der Waals surface area contributed by atoms with Gasteiger partial charge in [-0.25, -0.2) is 4.79 Å². The number of carboxylic acid groups (broad SMARTS) is 1. The molecule has 0 bridgehead atoms. The number of hydrogen-bond acceptors (Lipinski definition) is 2. The summed E-state index contributed by atoms with van der Waals surface area (Å²) >= 11 is 6.12. The Bertz CT molecular complexity index is 685. The summed E-state index contributed by atoms with van der Waals surface area (Å²) in [5.74, 6) is 0.344. The maximum absolute atomic E-state index is 10.5. The van der Waals surface area contributed by atoms with Crippen LogP contribution in [0.25, 0.3) is 6.08 Å². The van der Waals surface area contributed by atoms with Gasteiger partial charge in [-0.2, -0.15) is 0 Å². The fourth-order valence-corrected chi connectivity index (χ4v) is 2.23. The van der Waals surface area contributed by atoms with Crippen LogP contribution in [0.2, 0.25) is 5.02 Å². The maximum Gasteiger partial charge on any atom is 0.328 e. The molecule has 21 heavy (non-hydrogen) atoms. The highest BCUT2D eigenvalue weighted by atomic mass is 35.5. The second-order valence-electron chi connectivity index (χ2n) is 4.78. The molecule has 2 rings (SSSR count). The van der Waals surface area contributed by atoms with Crippen molar-refractivity contribution >= 4 is 23.6 Å². The fourth-order valence-electron chi connectivity index (χ4n) is 2.00. The average molecular weight is 303 g/mol. The van der Waals surface area contributed by atoms with Gasteiger partial charge in [0.1, 0.15) is 11.5 Å². The number of hydrogen-bond donors (Lipinski definition) is 1. The number of aliphatic carboxylic acids is 1. The maximum atomic E-state index is 10.5. The summed E-state index contributed by atoms with van der Waals surface area (Å²) in [5, 5.41) is 9.05. The lowest BCUT2D eigenvalue weighted by Gasteiger charge is -2.09. The Kier molecular flexibility index (Phi) is 4.66. The minimum Gasteiger partial charge on any atom is -0.478 e. The van der Waals surface area contributed by atoms with Crippen molar-refractivity contribution in [3.05, 3.63) is 64.2 Å². The van der Waals surface area contributed by atoms with E-state index in [2.05, 4.69) is 6.07 Å². The lowest BCUT2D eigenvalue weighted by Crippen LogP contribution is -1.88. The Labute approximate surface area is 128 Å². The van der Waals surface area contributed by atoms with Crippen molar-refractivity contribution in [1.29, 1.82) is 0 Å². The van der Waals surface area contributed by atoms with E-state index >= 15 is 0 Å². The summed E-state index contributed by atoms with van der Waals surface area (Å²) in [6, 6.07) is 11.1. The second-order valence-corrected chi connectivity index (χ2v) is 5.19. The fraction of sp³-hybridized carbons (Fsp3) is 0.118. The third-order valence-electron chi connectivity index (χ3n) is 2.81. The van der Waals surface area contributed by atoms with Gasteiger partial charge in [0, 0.05) is 6.08 Å². The molecule has 0 amide bonds. The smallest absolute Gasteiger partial charge is 0.328 e. The first-order valence-corrected chi connectivity index (χ1v) is 6.78. The minimum atomic E-state index is -1.01. The second kappa shape index (κ2) is 6.46. The van der Waals surface area contributed by atoms with Gasteiger partial charge in [0.25, 0.3) is 0 Å². The van der Waals surface area contributed by atoms with E-state index < -0.39 is 5.97 Å². The zero-order valence-electron chi connectivity index (χ0n) is 11.8. The average Bonchev–Trinajstić information content (AvgIpc) is 2.36. The van der Waals surface area contributed by atoms with E-state index in [1.165, 1.54) is 6.08 Å². The monoisotopic (exact) mass is 302 g/mol. The predicted molar refractivity (Wildman–Crippen MR) is 84.1 cm³/mol. The summed E-state index contributed by atoms with van der Waals surface area (Å²) in [4.78, 5) is 10.5. The van der Waals surface area contributed by atoms with Crippen LogP contribution in [-0.4, -0.2) is 11.1 Å². The van der Waals surface area contributed by atoms with Gasteiger partial charge in [0.05, 0.1) is 5.02 Å². The van der Waals surface area contributed by atoms with Gasteiger partial charge >= 0.3 is 5.97 Å². The van der Waals surface area contributed by atoms with Gasteiger partial charge in [0.15, 0.2) is 0 Å². The molecule has 0 aromatic heterocycles. The van der Waals surface area contributed by atoms with E-state index in [9.17, 15) is 4.79 Å². The third-order valence-corrected chi connectivity index (χ3v) is 3.14. The van der Waals surface area contributed by atoms with Crippen molar-refractivity contribution in [3.63, 3.8) is 0 Å². The number of carboxylic acids is 1. The first kappa shape index (κ1) is 15.1. The molecule has 0 atom stereocenters. The molecule has 0 unspecified atom stereocenters. The van der Waals surface area contributed by atoms with Gasteiger partial charge in [-0.3, -0.25) is 0 Å². The van der Waals surface area contributed by atoms with Crippen molar-refractivity contribution in [2.24, 2.45) is 0 Å². The first-order chi connectivity index (χ1) is 9.94. The molecule has 2 aromatic carbocycles. The highest BCUT2D eigenvalue weighted by Gasteiger charge is 2.03. The summed E-state index contributed by atoms with van der Waals surface area (Å²) < 4.78 is 5.78. The van der Waals surface area contributed by atoms with Crippen molar-refractivity contribution in [1.82, 2.24) is 0 Å². The molecule has 0 saturated heterocycles. The number of benzene rings is 2. The molecule has 0 fully saturated rings. The Balaban J connectivity index is 2.22. The van der Waals surface area contributed by atoms with Crippen LogP contribution in [0.1, 0.15) is 16.7 Å². The molecule has 0 radical (unpaired) electrons. The van der Waals surface area contributed by atoms with Crippen LogP contribution in [0.3, 0.4) is 0 Å². The van der Waals surface area contributed by atoms with E-state index in [0.717, 1.165) is 23.0 Å². The molecular formula is C17H15ClO3. The first-order valence-electron chi connectivity index (χ1n) is 6.41. The Morgan fingerprint density at radius 2 is 1.76 bits per heavy atom. The summed E-state index contributed by atoms with van der Waals surface area (Å²) in [7, 11) is 0. The number of aryl methyl sites for hydroxylation is 2. The van der Waals surface area contributed by atoms with Crippen molar-refractivity contribution in [2.45, 2.75) is 13.8 Å². The van der Waals surface area contributed by atoms with Gasteiger partial charge in [-0.05, 0) is 66.9 Å². The van der Waals surface area contributed by atoms with E-state index in [0.29, 0.717) is 16.3 Å². The van der Waals surface area contributed by atoms with Crippen molar-refractivity contribution < 1.29 is 14.6 Å². The summed E-state index contributed by atoms with van der Waals surface area (Å²) in [6.45, 7) is 4.01. The standard InChI is InChI=1S/C17H15ClO3/c1-11-7-12(2)9-15(8-11)21-14-5-3-13(16(18)10-14)4-6-17(19)20/h3-10H,1-2H3,(H,19,20)/b6-4+. The van der Waals surface area contributed by atoms with Crippen LogP contribution >= 0.6 is 11.6 Å². The predicted octanol–water partition coefficient (Wildman–Crippen LogP) is 4.85. The Morgan fingerprint density at radius 3 is 2.33 bits per heavy atom. The molecule has 3 nitrogen and oxygen atoms in total. The summed E-state index contributed by atoms with van der Waals surface area (Å²) in [6.07, 6.45) is 2.50. The molecule has 0 spiro atoms. The minimum absolute atomic E-state index is 0.439. The van der Waals surface area contributed by atoms with E-state index in [1.807, 2.05) is 26.0 Å². The van der Waals surface area contributed by atoms with Gasteiger partial charge in [0.2, 0.25) is 0 Å². The summed E-state index contributed by atoms with van der Waals surface area (Å²) in [5.41, 5.74) is 2.88. The molecule has 108 valence electrons. The lowest BCUT2D eigenvalue weighted by atomic mass is 10.1. The van der Waals surface area contributed by atoms with Crippen molar-refractivity contribution in [3.8, 4) is 11.5 Å². The molecule has 0 aliphatic carbocycles. The zero-order chi connectivity index (χ0) is 15.4. The molecular weight excluding hydrogens is 288 g/mol. The SMILES string of the molecule is Cc1cc(C)cc(Oc2ccc(/C=C/C(=O)O)c(Cl)c2)c1. The van der Waals surface area contributed by atoms with Crippen LogP contribution in [-0.2, 0) is 4.79 Å². The molecule has 4 heteroatoms. The molecule has 0 heterocycles. The van der Waals surface area contributed by atoms with Crippen LogP contribution in [0, 0.1) is 13.8 Å². The van der Waals surface area contributed by atoms with Crippen LogP contribution in [0.15, 0.2) is 42.5 Å². The highest BCUT2D eigenvalue weighted by Crippen LogP contribution is 2.28. The molecule has 2 aromatic rings. The van der Waals surface area contributed by atoms with Crippen molar-refractivity contribution in [2.75, 3.05) is 0 Å². The van der Waals surface area contributed by atoms with Crippen LogP contribution in [0.5, 0.6) is 11.5 Å². The quantitative estimate of drug-likeness (QED) is 0.821.